The minimum Gasteiger partial charge on any atom is -0.508 e. The van der Waals surface area contributed by atoms with E-state index >= 15 is 0 Å². The highest BCUT2D eigenvalue weighted by Crippen LogP contribution is 2.31. The molecule has 0 amide bonds. The molecule has 0 radical (unpaired) electrons. The summed E-state index contributed by atoms with van der Waals surface area (Å²) in [4.78, 5) is 12.7. The Morgan fingerprint density at radius 3 is 2.37 bits per heavy atom. The third-order valence-corrected chi connectivity index (χ3v) is 4.96. The normalized spacial score (nSPS) is 11.6. The summed E-state index contributed by atoms with van der Waals surface area (Å²) in [5.74, 6) is 0.572. The summed E-state index contributed by atoms with van der Waals surface area (Å²) >= 11 is 5.97. The van der Waals surface area contributed by atoms with Gasteiger partial charge in [-0.3, -0.25) is 0 Å². The van der Waals surface area contributed by atoms with Crippen molar-refractivity contribution in [2.24, 2.45) is 0 Å². The number of esters is 1. The summed E-state index contributed by atoms with van der Waals surface area (Å²) < 4.78 is 11.2. The molecular formula is C25H23ClO4. The first-order chi connectivity index (χ1) is 14.5. The fraction of sp³-hybridized carbons (Fsp3) is 0.160. The molecule has 0 aliphatic carbocycles. The molecule has 154 valence electrons. The second-order valence-electron chi connectivity index (χ2n) is 6.84. The second-order valence-corrected chi connectivity index (χ2v) is 7.28. The summed E-state index contributed by atoms with van der Waals surface area (Å²) in [6.45, 7) is 1.90. The quantitative estimate of drug-likeness (QED) is 0.290. The Balaban J connectivity index is 2.08. The van der Waals surface area contributed by atoms with Crippen molar-refractivity contribution >= 4 is 23.3 Å². The van der Waals surface area contributed by atoms with Crippen molar-refractivity contribution in [3.05, 3.63) is 100 Å². The van der Waals surface area contributed by atoms with E-state index in [0.29, 0.717) is 40.5 Å². The van der Waals surface area contributed by atoms with Gasteiger partial charge in [0.1, 0.15) is 17.3 Å². The lowest BCUT2D eigenvalue weighted by Crippen LogP contribution is -2.12. The van der Waals surface area contributed by atoms with Gasteiger partial charge in [-0.15, -0.1) is 0 Å². The zero-order valence-electron chi connectivity index (χ0n) is 16.9. The number of aromatic hydroxyl groups is 1. The number of carbonyl (C=O) groups is 1. The molecule has 0 aliphatic heterocycles. The summed E-state index contributed by atoms with van der Waals surface area (Å²) in [6, 6.07) is 21.7. The Labute approximate surface area is 181 Å². The molecular weight excluding hydrogens is 400 g/mol. The van der Waals surface area contributed by atoms with Gasteiger partial charge in [0, 0.05) is 10.6 Å². The highest BCUT2D eigenvalue weighted by atomic mass is 35.5. The molecule has 1 N–H and O–H groups in total. The third kappa shape index (κ3) is 5.43. The number of phenols is 1. The monoisotopic (exact) mass is 422 g/mol. The predicted octanol–water partition coefficient (Wildman–Crippen LogP) is 5.95. The van der Waals surface area contributed by atoms with E-state index in [-0.39, 0.29) is 5.75 Å². The standard InChI is InChI=1S/C25H23ClO4/c1-17-8-14-20(27)16-23(17)24(30-21-6-4-3-5-7-21)22(25(28)29-2)15-11-18-9-12-19(26)13-10-18/h3-10,12-14,16,27H,11,15H2,1-2H3/b24-22-. The van der Waals surface area contributed by atoms with Crippen molar-refractivity contribution in [2.45, 2.75) is 19.8 Å². The maximum Gasteiger partial charge on any atom is 0.337 e. The number of para-hydroxylation sites is 1. The van der Waals surface area contributed by atoms with Gasteiger partial charge in [0.2, 0.25) is 0 Å². The fourth-order valence-electron chi connectivity index (χ4n) is 3.09. The molecule has 3 rings (SSSR count). The van der Waals surface area contributed by atoms with Gasteiger partial charge in [-0.1, -0.05) is 48.0 Å². The Morgan fingerprint density at radius 2 is 1.70 bits per heavy atom. The van der Waals surface area contributed by atoms with Crippen molar-refractivity contribution in [2.75, 3.05) is 7.11 Å². The number of benzene rings is 3. The molecule has 3 aromatic rings. The number of halogens is 1. The topological polar surface area (TPSA) is 55.8 Å². The predicted molar refractivity (Wildman–Crippen MR) is 119 cm³/mol. The Hall–Kier alpha value is -3.24. The van der Waals surface area contributed by atoms with Gasteiger partial charge in [-0.25, -0.2) is 4.79 Å². The van der Waals surface area contributed by atoms with Gasteiger partial charge >= 0.3 is 5.97 Å². The molecule has 0 spiro atoms. The molecule has 0 saturated carbocycles. The average Bonchev–Trinajstić information content (AvgIpc) is 2.76. The summed E-state index contributed by atoms with van der Waals surface area (Å²) in [5.41, 5.74) is 2.93. The Morgan fingerprint density at radius 1 is 1.00 bits per heavy atom. The second kappa shape index (κ2) is 9.99. The van der Waals surface area contributed by atoms with Crippen LogP contribution in [0.2, 0.25) is 5.02 Å². The average molecular weight is 423 g/mol. The molecule has 0 unspecified atom stereocenters. The van der Waals surface area contributed by atoms with Crippen LogP contribution in [0, 0.1) is 6.92 Å². The van der Waals surface area contributed by atoms with Crippen LogP contribution in [0.4, 0.5) is 0 Å². The molecule has 5 heteroatoms. The van der Waals surface area contributed by atoms with Crippen LogP contribution in [-0.4, -0.2) is 18.2 Å². The zero-order valence-corrected chi connectivity index (χ0v) is 17.6. The van der Waals surface area contributed by atoms with Crippen molar-refractivity contribution in [3.63, 3.8) is 0 Å². The summed E-state index contributed by atoms with van der Waals surface area (Å²) in [7, 11) is 1.35. The lowest BCUT2D eigenvalue weighted by Gasteiger charge is -2.18. The van der Waals surface area contributed by atoms with E-state index in [1.807, 2.05) is 61.5 Å². The molecule has 0 heterocycles. The van der Waals surface area contributed by atoms with Gasteiger partial charge in [-0.2, -0.15) is 0 Å². The first-order valence-electron chi connectivity index (χ1n) is 9.56. The molecule has 0 aromatic heterocycles. The van der Waals surface area contributed by atoms with E-state index < -0.39 is 5.97 Å². The van der Waals surface area contributed by atoms with Gasteiger partial charge in [-0.05, 0) is 67.3 Å². The number of ether oxygens (including phenoxy) is 2. The van der Waals surface area contributed by atoms with Crippen LogP contribution in [0.15, 0.2) is 78.4 Å². The van der Waals surface area contributed by atoms with E-state index in [4.69, 9.17) is 21.1 Å². The van der Waals surface area contributed by atoms with Gasteiger partial charge in [0.05, 0.1) is 12.7 Å². The molecule has 30 heavy (non-hydrogen) atoms. The van der Waals surface area contributed by atoms with E-state index in [1.54, 1.807) is 18.2 Å². The van der Waals surface area contributed by atoms with Crippen molar-refractivity contribution in [3.8, 4) is 11.5 Å². The maximum absolute atomic E-state index is 12.7. The zero-order chi connectivity index (χ0) is 21.5. The van der Waals surface area contributed by atoms with Crippen LogP contribution < -0.4 is 4.74 Å². The van der Waals surface area contributed by atoms with E-state index in [2.05, 4.69) is 0 Å². The van der Waals surface area contributed by atoms with Crippen molar-refractivity contribution in [1.29, 1.82) is 0 Å². The van der Waals surface area contributed by atoms with Gasteiger partial charge < -0.3 is 14.6 Å². The van der Waals surface area contributed by atoms with Crippen LogP contribution in [0.1, 0.15) is 23.1 Å². The van der Waals surface area contributed by atoms with Crippen molar-refractivity contribution in [1.82, 2.24) is 0 Å². The number of carbonyl (C=O) groups excluding carboxylic acids is 1. The van der Waals surface area contributed by atoms with Crippen LogP contribution >= 0.6 is 11.6 Å². The minimum absolute atomic E-state index is 0.0895. The smallest absolute Gasteiger partial charge is 0.337 e. The molecule has 0 bridgehead atoms. The Bertz CT molecular complexity index is 1040. The molecule has 0 fully saturated rings. The maximum atomic E-state index is 12.7. The van der Waals surface area contributed by atoms with Crippen LogP contribution in [-0.2, 0) is 16.0 Å². The van der Waals surface area contributed by atoms with E-state index in [9.17, 15) is 9.90 Å². The third-order valence-electron chi connectivity index (χ3n) is 4.71. The van der Waals surface area contributed by atoms with Crippen LogP contribution in [0.5, 0.6) is 11.5 Å². The molecule has 0 atom stereocenters. The van der Waals surface area contributed by atoms with Crippen molar-refractivity contribution < 1.29 is 19.4 Å². The fourth-order valence-corrected chi connectivity index (χ4v) is 3.22. The first kappa shape index (κ1) is 21.5. The van der Waals surface area contributed by atoms with Crippen LogP contribution in [0.25, 0.3) is 5.76 Å². The lowest BCUT2D eigenvalue weighted by atomic mass is 9.98. The van der Waals surface area contributed by atoms with E-state index in [1.165, 1.54) is 7.11 Å². The molecule has 4 nitrogen and oxygen atoms in total. The van der Waals surface area contributed by atoms with Crippen LogP contribution in [0.3, 0.4) is 0 Å². The molecule has 0 saturated heterocycles. The highest BCUT2D eigenvalue weighted by Gasteiger charge is 2.22. The van der Waals surface area contributed by atoms with Gasteiger partial charge in [0.15, 0.2) is 0 Å². The SMILES string of the molecule is COC(=O)/C(CCc1ccc(Cl)cc1)=C(\Oc1ccccc1)c1cc(O)ccc1C. The number of methoxy groups -OCH3 is 1. The number of hydrogen-bond donors (Lipinski definition) is 1. The van der Waals surface area contributed by atoms with Gasteiger partial charge in [0.25, 0.3) is 0 Å². The highest BCUT2D eigenvalue weighted by molar-refractivity contribution is 6.30. The summed E-state index contributed by atoms with van der Waals surface area (Å²) in [6.07, 6.45) is 0.993. The number of phenolic OH excluding ortho intramolecular Hbond substituents is 1. The largest absolute Gasteiger partial charge is 0.508 e. The number of aryl methyl sites for hydroxylation is 2. The summed E-state index contributed by atoms with van der Waals surface area (Å²) in [5, 5.41) is 10.7. The minimum atomic E-state index is -0.474. The number of rotatable bonds is 7. The molecule has 3 aromatic carbocycles. The van der Waals surface area contributed by atoms with E-state index in [0.717, 1.165) is 11.1 Å². The lowest BCUT2D eigenvalue weighted by molar-refractivity contribution is -0.136. The number of hydrogen-bond acceptors (Lipinski definition) is 4. The Kier molecular flexibility index (Phi) is 7.15. The first-order valence-corrected chi connectivity index (χ1v) is 9.94. The molecule has 0 aliphatic rings.